The van der Waals surface area contributed by atoms with Crippen LogP contribution in [0.1, 0.15) is 37.5 Å². The summed E-state index contributed by atoms with van der Waals surface area (Å²) in [6.07, 6.45) is 0.308. The fraction of sp³-hybridized carbons (Fsp3) is 0.579. The lowest BCUT2D eigenvalue weighted by molar-refractivity contribution is 0.0272. The summed E-state index contributed by atoms with van der Waals surface area (Å²) in [4.78, 5) is 14.5. The van der Waals surface area contributed by atoms with Crippen molar-refractivity contribution >= 4 is 29.1 Å². The molecule has 150 valence electrons. The van der Waals surface area contributed by atoms with Crippen LogP contribution in [0.5, 0.6) is 0 Å². The Morgan fingerprint density at radius 3 is 2.78 bits per heavy atom. The quantitative estimate of drug-likeness (QED) is 0.354. The van der Waals surface area contributed by atoms with Crippen LogP contribution in [-0.4, -0.2) is 47.4 Å². The van der Waals surface area contributed by atoms with Crippen molar-refractivity contribution in [1.82, 2.24) is 15.6 Å². The normalized spacial score (nSPS) is 19.7. The van der Waals surface area contributed by atoms with E-state index < -0.39 is 0 Å². The summed E-state index contributed by atoms with van der Waals surface area (Å²) < 4.78 is 5.48. The topological polar surface area (TPSA) is 91.7 Å². The minimum absolute atomic E-state index is 0.141. The Bertz CT molecular complexity index is 710. The first-order valence-electron chi connectivity index (χ1n) is 9.23. The van der Waals surface area contributed by atoms with Crippen LogP contribution >= 0.6 is 12.2 Å². The summed E-state index contributed by atoms with van der Waals surface area (Å²) in [5.41, 5.74) is 6.34. The van der Waals surface area contributed by atoms with Crippen LogP contribution in [0, 0.1) is 13.8 Å². The van der Waals surface area contributed by atoms with E-state index >= 15 is 0 Å². The number of nitrogens with zero attached hydrogens (tertiary/aromatic N) is 1. The number of hydrogen-bond donors (Lipinski definition) is 4. The average Bonchev–Trinajstić information content (AvgIpc) is 2.58. The van der Waals surface area contributed by atoms with Gasteiger partial charge in [0.2, 0.25) is 0 Å². The monoisotopic (exact) mass is 393 g/mol. The number of piperazine rings is 1. The molecule has 1 aliphatic rings. The van der Waals surface area contributed by atoms with E-state index in [0.717, 1.165) is 28.9 Å². The molecule has 0 bridgehead atoms. The van der Waals surface area contributed by atoms with Gasteiger partial charge >= 0.3 is 6.09 Å². The Hall–Kier alpha value is -1.90. The highest BCUT2D eigenvalue weighted by molar-refractivity contribution is 7.80. The maximum atomic E-state index is 12.6. The molecule has 8 heteroatoms. The highest BCUT2D eigenvalue weighted by Crippen LogP contribution is 2.29. The van der Waals surface area contributed by atoms with Gasteiger partial charge in [0.25, 0.3) is 0 Å². The zero-order chi connectivity index (χ0) is 20.2. The van der Waals surface area contributed by atoms with Gasteiger partial charge in [-0.05, 0) is 76.0 Å². The first-order chi connectivity index (χ1) is 12.7. The molecule has 1 atom stereocenters. The molecule has 1 aromatic carbocycles. The first-order valence-corrected chi connectivity index (χ1v) is 9.64. The Morgan fingerprint density at radius 1 is 1.44 bits per heavy atom. The summed E-state index contributed by atoms with van der Waals surface area (Å²) in [5.74, 6) is 5.39. The molecular weight excluding hydrogens is 362 g/mol. The summed E-state index contributed by atoms with van der Waals surface area (Å²) in [7, 11) is 0. The third-order valence-electron chi connectivity index (χ3n) is 4.84. The number of thiocarbonyl (C=S) groups is 1. The molecule has 1 amide bonds. The van der Waals surface area contributed by atoms with E-state index in [1.54, 1.807) is 0 Å². The standard InChI is InChI=1S/C19H31N5O2S/c1-12(2)26-18(25)24-7-6-21-11-19(24,5)10-15-8-13(3)9-16(14(15)4)22-17(27)23-20/h8-9,12,21H,6-7,10-11,20H2,1-5H3,(H2,22,23,27)/t19-/m0/s1. The molecular formula is C19H31N5O2S. The molecule has 1 saturated heterocycles. The van der Waals surface area contributed by atoms with Crippen LogP contribution in [0.4, 0.5) is 10.5 Å². The molecule has 27 heavy (non-hydrogen) atoms. The SMILES string of the molecule is Cc1cc(C[C@@]2(C)CNCCN2C(=O)OC(C)C)c(C)c(NC(=S)NN)c1. The van der Waals surface area contributed by atoms with Crippen molar-refractivity contribution in [2.45, 2.75) is 52.7 Å². The van der Waals surface area contributed by atoms with Crippen molar-refractivity contribution in [2.24, 2.45) is 5.84 Å². The number of hydrazine groups is 1. The fourth-order valence-corrected chi connectivity index (χ4v) is 3.57. The molecule has 0 unspecified atom stereocenters. The number of benzene rings is 1. The van der Waals surface area contributed by atoms with Crippen LogP contribution in [0.2, 0.25) is 0 Å². The summed E-state index contributed by atoms with van der Waals surface area (Å²) >= 11 is 5.13. The van der Waals surface area contributed by atoms with Gasteiger partial charge in [-0.1, -0.05) is 6.07 Å². The van der Waals surface area contributed by atoms with Crippen molar-refractivity contribution in [1.29, 1.82) is 0 Å². The van der Waals surface area contributed by atoms with Crippen molar-refractivity contribution < 1.29 is 9.53 Å². The van der Waals surface area contributed by atoms with Gasteiger partial charge in [-0.3, -0.25) is 4.90 Å². The molecule has 1 aliphatic heterocycles. The maximum Gasteiger partial charge on any atom is 0.410 e. The van der Waals surface area contributed by atoms with Gasteiger partial charge in [0.1, 0.15) is 0 Å². The molecule has 0 spiro atoms. The van der Waals surface area contributed by atoms with Gasteiger partial charge in [0, 0.05) is 25.3 Å². The van der Waals surface area contributed by atoms with Crippen LogP contribution in [0.25, 0.3) is 0 Å². The van der Waals surface area contributed by atoms with E-state index in [-0.39, 0.29) is 17.7 Å². The summed E-state index contributed by atoms with van der Waals surface area (Å²) in [5, 5.41) is 6.90. The number of anilines is 1. The molecule has 0 saturated carbocycles. The lowest BCUT2D eigenvalue weighted by Gasteiger charge is -2.45. The third kappa shape index (κ3) is 5.31. The van der Waals surface area contributed by atoms with E-state index in [4.69, 9.17) is 22.8 Å². The number of nitrogens with two attached hydrogens (primary N) is 1. The summed E-state index contributed by atoms with van der Waals surface area (Å²) in [6, 6.07) is 4.19. The molecule has 1 heterocycles. The molecule has 1 aromatic rings. The smallest absolute Gasteiger partial charge is 0.410 e. The number of carbonyl (C=O) groups is 1. The maximum absolute atomic E-state index is 12.6. The van der Waals surface area contributed by atoms with Crippen molar-refractivity contribution in [2.75, 3.05) is 25.0 Å². The minimum atomic E-state index is -0.382. The van der Waals surface area contributed by atoms with Gasteiger partial charge in [-0.25, -0.2) is 10.6 Å². The zero-order valence-corrected chi connectivity index (χ0v) is 17.6. The van der Waals surface area contributed by atoms with Crippen molar-refractivity contribution in [3.8, 4) is 0 Å². The Morgan fingerprint density at radius 2 is 2.15 bits per heavy atom. The number of ether oxygens (including phenoxy) is 1. The number of amides is 1. The number of aryl methyl sites for hydroxylation is 1. The zero-order valence-electron chi connectivity index (χ0n) is 16.8. The Labute approximate surface area is 167 Å². The molecule has 7 nitrogen and oxygen atoms in total. The lowest BCUT2D eigenvalue weighted by atomic mass is 9.86. The van der Waals surface area contributed by atoms with Gasteiger partial charge in [-0.2, -0.15) is 0 Å². The summed E-state index contributed by atoms with van der Waals surface area (Å²) in [6.45, 7) is 12.0. The predicted octanol–water partition coefficient (Wildman–Crippen LogP) is 2.21. The first kappa shape index (κ1) is 21.4. The van der Waals surface area contributed by atoms with Gasteiger partial charge in [-0.15, -0.1) is 0 Å². The number of hydrogen-bond acceptors (Lipinski definition) is 5. The molecule has 2 rings (SSSR count). The average molecular weight is 394 g/mol. The second-order valence-electron chi connectivity index (χ2n) is 7.63. The molecule has 0 radical (unpaired) electrons. The van der Waals surface area contributed by atoms with Crippen LogP contribution < -0.4 is 21.9 Å². The van der Waals surface area contributed by atoms with Gasteiger partial charge in [0.15, 0.2) is 5.11 Å². The Balaban J connectivity index is 2.32. The highest BCUT2D eigenvalue weighted by atomic mass is 32.1. The molecule has 5 N–H and O–H groups in total. The number of rotatable bonds is 4. The van der Waals surface area contributed by atoms with Crippen molar-refractivity contribution in [3.63, 3.8) is 0 Å². The lowest BCUT2D eigenvalue weighted by Crippen LogP contribution is -2.62. The second kappa shape index (κ2) is 8.86. The van der Waals surface area contributed by atoms with Crippen molar-refractivity contribution in [3.05, 3.63) is 28.8 Å². The largest absolute Gasteiger partial charge is 0.447 e. The molecule has 0 aromatic heterocycles. The van der Waals surface area contributed by atoms with Crippen LogP contribution in [0.3, 0.4) is 0 Å². The van der Waals surface area contributed by atoms with E-state index in [0.29, 0.717) is 24.6 Å². The number of carbonyl (C=O) groups excluding carboxylic acids is 1. The number of nitrogens with one attached hydrogen (secondary N) is 3. The highest BCUT2D eigenvalue weighted by Gasteiger charge is 2.39. The van der Waals surface area contributed by atoms with Gasteiger partial charge < -0.3 is 20.8 Å². The molecule has 1 fully saturated rings. The van der Waals surface area contributed by atoms with E-state index in [1.807, 2.05) is 38.7 Å². The van der Waals surface area contributed by atoms with Gasteiger partial charge in [0.05, 0.1) is 11.6 Å². The third-order valence-corrected chi connectivity index (χ3v) is 5.06. The van der Waals surface area contributed by atoms with Crippen LogP contribution in [0.15, 0.2) is 12.1 Å². The Kier molecular flexibility index (Phi) is 7.02. The van der Waals surface area contributed by atoms with E-state index in [9.17, 15) is 4.79 Å². The second-order valence-corrected chi connectivity index (χ2v) is 8.04. The van der Waals surface area contributed by atoms with E-state index in [1.165, 1.54) is 0 Å². The predicted molar refractivity (Wildman–Crippen MR) is 113 cm³/mol. The minimum Gasteiger partial charge on any atom is -0.447 e. The molecule has 0 aliphatic carbocycles. The van der Waals surface area contributed by atoms with Crippen LogP contribution in [-0.2, 0) is 11.2 Å². The van der Waals surface area contributed by atoms with E-state index in [2.05, 4.69) is 29.0 Å². The fourth-order valence-electron chi connectivity index (χ4n) is 3.46.